The SMILES string of the molecule is C[C@]12CC[C@H]3[C@@H](CCC4=C(O)C/C(=C\O)C[C@@]43C)[C@@H]1CC[C@@H]2O. The van der Waals surface area contributed by atoms with Crippen LogP contribution >= 0.6 is 0 Å². The molecule has 0 aliphatic heterocycles. The van der Waals surface area contributed by atoms with Gasteiger partial charge in [0.05, 0.1) is 18.1 Å². The fourth-order valence-corrected chi connectivity index (χ4v) is 6.93. The molecule has 0 bridgehead atoms. The molecular weight excluding hydrogens is 288 g/mol. The van der Waals surface area contributed by atoms with Crippen molar-refractivity contribution < 1.29 is 15.3 Å². The molecule has 0 aromatic carbocycles. The van der Waals surface area contributed by atoms with E-state index in [1.807, 2.05) is 0 Å². The lowest BCUT2D eigenvalue weighted by Crippen LogP contribution is -2.51. The van der Waals surface area contributed by atoms with Gasteiger partial charge in [-0.3, -0.25) is 0 Å². The van der Waals surface area contributed by atoms with E-state index in [9.17, 15) is 15.3 Å². The molecule has 0 unspecified atom stereocenters. The van der Waals surface area contributed by atoms with E-state index in [4.69, 9.17) is 0 Å². The van der Waals surface area contributed by atoms with Crippen LogP contribution < -0.4 is 0 Å². The normalized spacial score (nSPS) is 51.3. The van der Waals surface area contributed by atoms with Gasteiger partial charge in [-0.2, -0.15) is 0 Å². The Hall–Kier alpha value is -0.960. The molecule has 128 valence electrons. The van der Waals surface area contributed by atoms with E-state index in [1.54, 1.807) is 0 Å². The molecule has 23 heavy (non-hydrogen) atoms. The maximum Gasteiger partial charge on any atom is 0.0961 e. The van der Waals surface area contributed by atoms with Gasteiger partial charge in [-0.25, -0.2) is 0 Å². The lowest BCUT2D eigenvalue weighted by Gasteiger charge is -2.58. The van der Waals surface area contributed by atoms with Gasteiger partial charge < -0.3 is 15.3 Å². The van der Waals surface area contributed by atoms with Crippen LogP contribution in [0.25, 0.3) is 0 Å². The van der Waals surface area contributed by atoms with Gasteiger partial charge in [0, 0.05) is 6.42 Å². The van der Waals surface area contributed by atoms with E-state index in [0.717, 1.165) is 50.5 Å². The fraction of sp³-hybridized carbons (Fsp3) is 0.800. The second-order valence-electron chi connectivity index (χ2n) is 9.04. The zero-order valence-electron chi connectivity index (χ0n) is 14.4. The minimum atomic E-state index is -0.133. The molecule has 3 fully saturated rings. The highest BCUT2D eigenvalue weighted by atomic mass is 16.3. The third-order valence-corrected chi connectivity index (χ3v) is 8.14. The number of hydrogen-bond acceptors (Lipinski definition) is 3. The predicted molar refractivity (Wildman–Crippen MR) is 90.0 cm³/mol. The van der Waals surface area contributed by atoms with Crippen LogP contribution in [0.3, 0.4) is 0 Å². The van der Waals surface area contributed by atoms with Crippen LogP contribution in [0.4, 0.5) is 0 Å². The average molecular weight is 318 g/mol. The third-order valence-electron chi connectivity index (χ3n) is 8.14. The summed E-state index contributed by atoms with van der Waals surface area (Å²) in [5.74, 6) is 2.37. The Labute approximate surface area is 139 Å². The summed E-state index contributed by atoms with van der Waals surface area (Å²) in [4.78, 5) is 0. The second-order valence-corrected chi connectivity index (χ2v) is 9.04. The van der Waals surface area contributed by atoms with Gasteiger partial charge in [0.2, 0.25) is 0 Å². The molecule has 3 saturated carbocycles. The molecule has 4 rings (SSSR count). The first-order chi connectivity index (χ1) is 10.9. The van der Waals surface area contributed by atoms with Crippen molar-refractivity contribution in [2.45, 2.75) is 71.3 Å². The largest absolute Gasteiger partial charge is 0.516 e. The first-order valence-electron chi connectivity index (χ1n) is 9.32. The predicted octanol–water partition coefficient (Wildman–Crippen LogP) is 4.64. The molecule has 4 aliphatic carbocycles. The van der Waals surface area contributed by atoms with Crippen molar-refractivity contribution in [3.05, 3.63) is 23.2 Å². The highest BCUT2D eigenvalue weighted by Crippen LogP contribution is 2.66. The maximum atomic E-state index is 10.5. The summed E-state index contributed by atoms with van der Waals surface area (Å²) in [7, 11) is 0. The van der Waals surface area contributed by atoms with Crippen LogP contribution in [-0.2, 0) is 0 Å². The Balaban J connectivity index is 1.72. The van der Waals surface area contributed by atoms with Crippen molar-refractivity contribution in [1.82, 2.24) is 0 Å². The Morgan fingerprint density at radius 1 is 1.09 bits per heavy atom. The molecule has 0 spiro atoms. The third kappa shape index (κ3) is 1.98. The number of aliphatic hydroxyl groups is 3. The molecule has 0 saturated heterocycles. The zero-order valence-corrected chi connectivity index (χ0v) is 14.4. The summed E-state index contributed by atoms with van der Waals surface area (Å²) in [5.41, 5.74) is 2.32. The summed E-state index contributed by atoms with van der Waals surface area (Å²) in [6, 6.07) is 0. The van der Waals surface area contributed by atoms with Gasteiger partial charge in [0.15, 0.2) is 0 Å². The maximum absolute atomic E-state index is 10.5. The molecule has 3 heteroatoms. The van der Waals surface area contributed by atoms with Gasteiger partial charge in [0.1, 0.15) is 0 Å². The quantitative estimate of drug-likeness (QED) is 0.570. The van der Waals surface area contributed by atoms with Gasteiger partial charge in [-0.1, -0.05) is 13.8 Å². The van der Waals surface area contributed by atoms with Crippen molar-refractivity contribution >= 4 is 0 Å². The van der Waals surface area contributed by atoms with Gasteiger partial charge in [0.25, 0.3) is 0 Å². The average Bonchev–Trinajstić information content (AvgIpc) is 2.82. The second kappa shape index (κ2) is 5.02. The minimum Gasteiger partial charge on any atom is -0.516 e. The molecule has 0 heterocycles. The molecule has 4 aliphatic rings. The molecule has 6 atom stereocenters. The summed E-state index contributed by atoms with van der Waals surface area (Å²) < 4.78 is 0. The number of rotatable bonds is 0. The first-order valence-corrected chi connectivity index (χ1v) is 9.32. The lowest BCUT2D eigenvalue weighted by atomic mass is 9.47. The van der Waals surface area contributed by atoms with Crippen molar-refractivity contribution in [2.75, 3.05) is 0 Å². The Morgan fingerprint density at radius 2 is 1.87 bits per heavy atom. The van der Waals surface area contributed by atoms with Crippen molar-refractivity contribution in [3.63, 3.8) is 0 Å². The van der Waals surface area contributed by atoms with Crippen molar-refractivity contribution in [1.29, 1.82) is 0 Å². The van der Waals surface area contributed by atoms with Crippen LogP contribution in [0.1, 0.15) is 65.2 Å². The highest BCUT2D eigenvalue weighted by molar-refractivity contribution is 5.33. The molecule has 0 aromatic rings. The van der Waals surface area contributed by atoms with Gasteiger partial charge >= 0.3 is 0 Å². The zero-order chi connectivity index (χ0) is 16.4. The topological polar surface area (TPSA) is 60.7 Å². The highest BCUT2D eigenvalue weighted by Gasteiger charge is 2.59. The fourth-order valence-electron chi connectivity index (χ4n) is 6.93. The van der Waals surface area contributed by atoms with Crippen molar-refractivity contribution in [3.8, 4) is 0 Å². The van der Waals surface area contributed by atoms with E-state index in [1.165, 1.54) is 11.8 Å². The van der Waals surface area contributed by atoms with E-state index in [0.29, 0.717) is 29.9 Å². The van der Waals surface area contributed by atoms with Crippen LogP contribution in [0, 0.1) is 28.6 Å². The molecule has 0 aromatic heterocycles. The number of allylic oxidation sites excluding steroid dienone is 2. The summed E-state index contributed by atoms with van der Waals surface area (Å²) in [6.45, 7) is 4.61. The van der Waals surface area contributed by atoms with Crippen LogP contribution in [0.15, 0.2) is 23.2 Å². The Kier molecular flexibility index (Phi) is 3.39. The summed E-state index contributed by atoms with van der Waals surface area (Å²) in [5, 5.41) is 30.5. The lowest BCUT2D eigenvalue weighted by molar-refractivity contribution is -0.0728. The van der Waals surface area contributed by atoms with E-state index >= 15 is 0 Å². The van der Waals surface area contributed by atoms with E-state index < -0.39 is 0 Å². The summed E-state index contributed by atoms with van der Waals surface area (Å²) >= 11 is 0. The molecule has 0 amide bonds. The summed E-state index contributed by atoms with van der Waals surface area (Å²) in [6.07, 6.45) is 8.99. The van der Waals surface area contributed by atoms with Crippen LogP contribution in [-0.4, -0.2) is 21.4 Å². The van der Waals surface area contributed by atoms with Gasteiger partial charge in [-0.05, 0) is 84.7 Å². The minimum absolute atomic E-state index is 0.00527. The first kappa shape index (κ1) is 15.6. The number of hydrogen-bond donors (Lipinski definition) is 3. The molecule has 3 N–H and O–H groups in total. The van der Waals surface area contributed by atoms with Crippen LogP contribution in [0.2, 0.25) is 0 Å². The molecule has 3 nitrogen and oxygen atoms in total. The van der Waals surface area contributed by atoms with Crippen molar-refractivity contribution in [2.24, 2.45) is 28.6 Å². The van der Waals surface area contributed by atoms with E-state index in [2.05, 4.69) is 13.8 Å². The number of fused-ring (bicyclic) bond motifs is 5. The molecular formula is C20H30O3. The Bertz CT molecular complexity index is 577. The van der Waals surface area contributed by atoms with Crippen LogP contribution in [0.5, 0.6) is 0 Å². The van der Waals surface area contributed by atoms with E-state index in [-0.39, 0.29) is 16.9 Å². The monoisotopic (exact) mass is 318 g/mol. The number of aliphatic hydroxyl groups excluding tert-OH is 3. The Morgan fingerprint density at radius 3 is 2.61 bits per heavy atom. The standard InChI is InChI=1S/C20H30O3/c1-19-8-7-15-13(14(19)5-6-18(19)23)3-4-16-17(22)9-12(11-21)10-20(15,16)2/h11,13-15,18,21-23H,3-10H2,1-2H3/b12-11+/t13-,14-,15-,18-,19-,20+/m0/s1. The smallest absolute Gasteiger partial charge is 0.0961 e. The van der Waals surface area contributed by atoms with Gasteiger partial charge in [-0.15, -0.1) is 0 Å². The molecule has 0 radical (unpaired) electrons.